The molecule has 0 radical (unpaired) electrons. The van der Waals surface area contributed by atoms with Crippen molar-refractivity contribution in [2.45, 2.75) is 85.5 Å². The van der Waals surface area contributed by atoms with Gasteiger partial charge >= 0.3 is 0 Å². The van der Waals surface area contributed by atoms with E-state index in [9.17, 15) is 19.2 Å². The standard InChI is InChI=1S/C29H32N4O4/c1-16(2)20-10-24(30-12-34)22(26(18(5)6)28(20)32-14-36)9-23-25(31-13-35)11-21(17(3)4)29(33-15-37)27(23)19(7)8/h10-11,16-19H,9H2,1-8H3. The topological polar surface area (TPSA) is 118 Å². The van der Waals surface area contributed by atoms with Crippen molar-refractivity contribution in [3.8, 4) is 0 Å². The van der Waals surface area contributed by atoms with Crippen LogP contribution >= 0.6 is 0 Å². The quantitative estimate of drug-likeness (QED) is 0.246. The molecule has 0 saturated carbocycles. The van der Waals surface area contributed by atoms with Gasteiger partial charge in [-0.2, -0.15) is 20.0 Å². The van der Waals surface area contributed by atoms with Gasteiger partial charge in [-0.3, -0.25) is 0 Å². The van der Waals surface area contributed by atoms with E-state index >= 15 is 0 Å². The van der Waals surface area contributed by atoms with Crippen LogP contribution in [0.2, 0.25) is 0 Å². The third-order valence-corrected chi connectivity index (χ3v) is 6.31. The number of carbonyl (C=O) groups excluding carboxylic acids is 4. The Hall–Kier alpha value is -4.04. The van der Waals surface area contributed by atoms with E-state index in [-0.39, 0.29) is 30.1 Å². The number of aliphatic imine (C=N–C) groups is 4. The average molecular weight is 501 g/mol. The molecule has 0 spiro atoms. The van der Waals surface area contributed by atoms with Crippen molar-refractivity contribution in [2.75, 3.05) is 0 Å². The molecule has 2 aromatic rings. The third kappa shape index (κ3) is 6.21. The fraction of sp³-hybridized carbons (Fsp3) is 0.448. The van der Waals surface area contributed by atoms with Gasteiger partial charge in [0.1, 0.15) is 0 Å². The number of nitrogens with zero attached hydrogens (tertiary/aromatic N) is 4. The van der Waals surface area contributed by atoms with Crippen LogP contribution in [0.25, 0.3) is 0 Å². The average Bonchev–Trinajstić information content (AvgIpc) is 2.81. The molecule has 8 heteroatoms. The summed E-state index contributed by atoms with van der Waals surface area (Å²) in [5.41, 5.74) is 5.97. The second-order valence-electron chi connectivity index (χ2n) is 10.1. The Bertz CT molecular complexity index is 1270. The molecule has 0 unspecified atom stereocenters. The molecular weight excluding hydrogens is 468 g/mol. The highest BCUT2D eigenvalue weighted by Crippen LogP contribution is 2.47. The number of isocyanates is 4. The van der Waals surface area contributed by atoms with Crippen LogP contribution in [0.1, 0.15) is 112 Å². The first-order valence-electron chi connectivity index (χ1n) is 12.2. The predicted molar refractivity (Wildman–Crippen MR) is 143 cm³/mol. The molecule has 0 aromatic heterocycles. The van der Waals surface area contributed by atoms with Gasteiger partial charge in [-0.1, -0.05) is 55.4 Å². The zero-order valence-electron chi connectivity index (χ0n) is 22.6. The second-order valence-corrected chi connectivity index (χ2v) is 10.1. The lowest BCUT2D eigenvalue weighted by Crippen LogP contribution is -2.07. The highest BCUT2D eigenvalue weighted by molar-refractivity contribution is 5.76. The maximum atomic E-state index is 11.5. The lowest BCUT2D eigenvalue weighted by molar-refractivity contribution is 0.564. The predicted octanol–water partition coefficient (Wildman–Crippen LogP) is 7.64. The summed E-state index contributed by atoms with van der Waals surface area (Å²) in [6.07, 6.45) is 6.79. The largest absolute Gasteiger partial charge is 0.240 e. The molecule has 0 aliphatic carbocycles. The first-order chi connectivity index (χ1) is 17.5. The Balaban J connectivity index is 3.18. The van der Waals surface area contributed by atoms with Gasteiger partial charge in [0.15, 0.2) is 0 Å². The minimum absolute atomic E-state index is 0.0143. The molecule has 0 fully saturated rings. The highest BCUT2D eigenvalue weighted by atomic mass is 16.1. The van der Waals surface area contributed by atoms with E-state index in [0.717, 1.165) is 22.3 Å². The van der Waals surface area contributed by atoms with E-state index in [1.54, 1.807) is 36.5 Å². The van der Waals surface area contributed by atoms with Crippen molar-refractivity contribution < 1.29 is 19.2 Å². The summed E-state index contributed by atoms with van der Waals surface area (Å²) < 4.78 is 0. The molecule has 0 saturated heterocycles. The Morgan fingerprint density at radius 1 is 0.541 bits per heavy atom. The molecule has 0 aliphatic heterocycles. The van der Waals surface area contributed by atoms with Crippen molar-refractivity contribution in [3.63, 3.8) is 0 Å². The monoisotopic (exact) mass is 500 g/mol. The van der Waals surface area contributed by atoms with Crippen molar-refractivity contribution >= 4 is 47.1 Å². The van der Waals surface area contributed by atoms with Crippen LogP contribution in [-0.4, -0.2) is 24.3 Å². The van der Waals surface area contributed by atoms with Crippen LogP contribution in [0, 0.1) is 0 Å². The molecule has 0 amide bonds. The van der Waals surface area contributed by atoms with Crippen LogP contribution in [0.3, 0.4) is 0 Å². The normalized spacial score (nSPS) is 10.7. The molecule has 0 N–H and O–H groups in total. The molecule has 0 aliphatic rings. The first kappa shape index (κ1) is 29.2. The third-order valence-electron chi connectivity index (χ3n) is 6.31. The van der Waals surface area contributed by atoms with E-state index in [1.165, 1.54) is 0 Å². The van der Waals surface area contributed by atoms with E-state index in [0.29, 0.717) is 33.9 Å². The van der Waals surface area contributed by atoms with E-state index in [1.807, 2.05) is 55.4 Å². The van der Waals surface area contributed by atoms with Gasteiger partial charge in [0.05, 0.1) is 22.7 Å². The molecule has 0 bridgehead atoms. The van der Waals surface area contributed by atoms with E-state index in [2.05, 4.69) is 20.0 Å². The van der Waals surface area contributed by atoms with Gasteiger partial charge < -0.3 is 0 Å². The molecule has 2 aromatic carbocycles. The SMILES string of the molecule is CC(C)c1cc(N=C=O)c(Cc2c(N=C=O)cc(C(C)C)c(N=C=O)c2C(C)C)c(C(C)C)c1N=C=O. The molecule has 192 valence electrons. The Morgan fingerprint density at radius 2 is 0.865 bits per heavy atom. The van der Waals surface area contributed by atoms with E-state index < -0.39 is 0 Å². The Morgan fingerprint density at radius 3 is 1.11 bits per heavy atom. The zero-order chi connectivity index (χ0) is 27.9. The van der Waals surface area contributed by atoms with Gasteiger partial charge in [-0.05, 0) is 69.2 Å². The summed E-state index contributed by atoms with van der Waals surface area (Å²) in [5, 5.41) is 0. The van der Waals surface area contributed by atoms with Gasteiger partial charge in [0, 0.05) is 6.42 Å². The molecule has 2 rings (SSSR count). The van der Waals surface area contributed by atoms with Crippen molar-refractivity contribution in [1.29, 1.82) is 0 Å². The summed E-state index contributed by atoms with van der Waals surface area (Å²) in [5.74, 6) is -0.243. The maximum absolute atomic E-state index is 11.5. The van der Waals surface area contributed by atoms with Crippen LogP contribution in [0.15, 0.2) is 32.1 Å². The second kappa shape index (κ2) is 12.8. The van der Waals surface area contributed by atoms with Crippen LogP contribution in [-0.2, 0) is 25.6 Å². The zero-order valence-corrected chi connectivity index (χ0v) is 22.6. The van der Waals surface area contributed by atoms with Gasteiger partial charge in [-0.25, -0.2) is 19.2 Å². The number of hydrogen-bond donors (Lipinski definition) is 0. The highest BCUT2D eigenvalue weighted by Gasteiger charge is 2.27. The lowest BCUT2D eigenvalue weighted by atomic mass is 9.81. The van der Waals surface area contributed by atoms with E-state index in [4.69, 9.17) is 0 Å². The van der Waals surface area contributed by atoms with Gasteiger partial charge in [0.2, 0.25) is 24.3 Å². The summed E-state index contributed by atoms with van der Waals surface area (Å²) in [6, 6.07) is 3.47. The Labute approximate surface area is 217 Å². The van der Waals surface area contributed by atoms with Crippen molar-refractivity contribution in [3.05, 3.63) is 45.5 Å². The van der Waals surface area contributed by atoms with Crippen LogP contribution in [0.4, 0.5) is 22.7 Å². The molecule has 37 heavy (non-hydrogen) atoms. The number of rotatable bonds is 10. The fourth-order valence-corrected chi connectivity index (χ4v) is 4.79. The summed E-state index contributed by atoms with van der Waals surface area (Å²) >= 11 is 0. The maximum Gasteiger partial charge on any atom is 0.240 e. The first-order valence-corrected chi connectivity index (χ1v) is 12.2. The molecule has 8 nitrogen and oxygen atoms in total. The smallest absolute Gasteiger partial charge is 0.211 e. The molecule has 0 atom stereocenters. The molecular formula is C29H32N4O4. The fourth-order valence-electron chi connectivity index (χ4n) is 4.79. The Kier molecular flexibility index (Phi) is 10.1. The number of hydrogen-bond acceptors (Lipinski definition) is 8. The van der Waals surface area contributed by atoms with Gasteiger partial charge in [-0.15, -0.1) is 0 Å². The summed E-state index contributed by atoms with van der Waals surface area (Å²) in [6.45, 7) is 15.7. The molecule has 0 heterocycles. The van der Waals surface area contributed by atoms with Crippen molar-refractivity contribution in [1.82, 2.24) is 0 Å². The minimum atomic E-state index is -0.107. The van der Waals surface area contributed by atoms with Gasteiger partial charge in [0.25, 0.3) is 0 Å². The van der Waals surface area contributed by atoms with Crippen LogP contribution in [0.5, 0.6) is 0 Å². The number of benzene rings is 2. The van der Waals surface area contributed by atoms with Crippen molar-refractivity contribution in [2.24, 2.45) is 20.0 Å². The summed E-state index contributed by atoms with van der Waals surface area (Å²) in [4.78, 5) is 61.9. The van der Waals surface area contributed by atoms with Crippen LogP contribution < -0.4 is 0 Å². The lowest BCUT2D eigenvalue weighted by Gasteiger charge is -2.25. The summed E-state index contributed by atoms with van der Waals surface area (Å²) in [7, 11) is 0. The minimum Gasteiger partial charge on any atom is -0.211 e.